The van der Waals surface area contributed by atoms with E-state index < -0.39 is 0 Å². The summed E-state index contributed by atoms with van der Waals surface area (Å²) in [6.07, 6.45) is 12.4. The van der Waals surface area contributed by atoms with Crippen LogP contribution in [0.25, 0.3) is 0 Å². The third-order valence-corrected chi connectivity index (χ3v) is 5.56. The van der Waals surface area contributed by atoms with Crippen molar-refractivity contribution < 1.29 is 5.11 Å². The van der Waals surface area contributed by atoms with Crippen molar-refractivity contribution in [3.05, 3.63) is 0 Å². The Kier molecular flexibility index (Phi) is 2.97. The largest absolute Gasteiger partial charge is 0.396 e. The van der Waals surface area contributed by atoms with Gasteiger partial charge in [-0.3, -0.25) is 0 Å². The number of hydrogen-bond acceptors (Lipinski definition) is 2. The second-order valence-corrected chi connectivity index (χ2v) is 6.37. The van der Waals surface area contributed by atoms with E-state index in [0.717, 1.165) is 17.5 Å². The van der Waals surface area contributed by atoms with E-state index in [1.165, 1.54) is 57.8 Å². The molecule has 3 rings (SSSR count). The molecule has 0 aliphatic heterocycles. The van der Waals surface area contributed by atoms with E-state index in [0.29, 0.717) is 12.5 Å². The average Bonchev–Trinajstić information content (AvgIpc) is 2.23. The summed E-state index contributed by atoms with van der Waals surface area (Å²) in [7, 11) is 0. The highest BCUT2D eigenvalue weighted by Gasteiger charge is 2.50. The summed E-state index contributed by atoms with van der Waals surface area (Å²) >= 11 is 0. The maximum atomic E-state index is 9.13. The molecule has 2 nitrogen and oxygen atoms in total. The molecule has 0 aromatic rings. The summed E-state index contributed by atoms with van der Waals surface area (Å²) in [5.74, 6) is 0.595. The van der Waals surface area contributed by atoms with Crippen LogP contribution < -0.4 is 5.32 Å². The first-order valence-corrected chi connectivity index (χ1v) is 7.19. The molecule has 3 fully saturated rings. The first kappa shape index (κ1) is 11.0. The first-order valence-electron chi connectivity index (χ1n) is 7.19. The predicted octanol–water partition coefficient (Wildman–Crippen LogP) is 2.46. The van der Waals surface area contributed by atoms with Crippen molar-refractivity contribution in [2.45, 2.75) is 69.9 Å². The van der Waals surface area contributed by atoms with Crippen LogP contribution in [0.2, 0.25) is 0 Å². The van der Waals surface area contributed by atoms with Gasteiger partial charge in [0.2, 0.25) is 0 Å². The van der Waals surface area contributed by atoms with Crippen molar-refractivity contribution in [2.75, 3.05) is 6.61 Å². The third-order valence-electron chi connectivity index (χ3n) is 5.56. The molecule has 0 bridgehead atoms. The van der Waals surface area contributed by atoms with Crippen molar-refractivity contribution in [3.63, 3.8) is 0 Å². The van der Waals surface area contributed by atoms with Gasteiger partial charge in [0, 0.05) is 18.7 Å². The van der Waals surface area contributed by atoms with Crippen LogP contribution >= 0.6 is 0 Å². The number of rotatable bonds is 3. The van der Waals surface area contributed by atoms with Crippen molar-refractivity contribution in [3.8, 4) is 0 Å². The summed E-state index contributed by atoms with van der Waals surface area (Å²) in [5, 5.41) is 13.0. The second kappa shape index (κ2) is 4.30. The maximum absolute atomic E-state index is 9.13. The molecule has 0 radical (unpaired) electrons. The van der Waals surface area contributed by atoms with Crippen LogP contribution in [0.15, 0.2) is 0 Å². The van der Waals surface area contributed by atoms with Gasteiger partial charge >= 0.3 is 0 Å². The topological polar surface area (TPSA) is 32.3 Å². The smallest absolute Gasteiger partial charge is 0.0459 e. The van der Waals surface area contributed by atoms with Crippen LogP contribution in [0, 0.1) is 11.3 Å². The lowest BCUT2D eigenvalue weighted by Crippen LogP contribution is -2.59. The zero-order chi connectivity index (χ0) is 11.0. The van der Waals surface area contributed by atoms with E-state index in [-0.39, 0.29) is 0 Å². The van der Waals surface area contributed by atoms with E-state index in [1.807, 2.05) is 0 Å². The fraction of sp³-hybridized carbons (Fsp3) is 1.00. The van der Waals surface area contributed by atoms with Gasteiger partial charge in [0.1, 0.15) is 0 Å². The number of aliphatic hydroxyl groups excluding tert-OH is 1. The minimum absolute atomic E-state index is 0.403. The summed E-state index contributed by atoms with van der Waals surface area (Å²) in [4.78, 5) is 0. The van der Waals surface area contributed by atoms with Crippen molar-refractivity contribution in [2.24, 2.45) is 11.3 Å². The minimum Gasteiger partial charge on any atom is -0.396 e. The zero-order valence-corrected chi connectivity index (χ0v) is 10.3. The Bertz CT molecular complexity index is 236. The number of hydrogen-bond donors (Lipinski definition) is 2. The van der Waals surface area contributed by atoms with E-state index in [9.17, 15) is 0 Å². The molecular weight excluding hydrogens is 198 g/mol. The molecule has 0 saturated heterocycles. The molecule has 0 aromatic heterocycles. The zero-order valence-electron chi connectivity index (χ0n) is 10.3. The SMILES string of the molecule is OCC1CCC(N[C@@H]2CCC23CCC3)CC1. The Labute approximate surface area is 98.8 Å². The normalized spacial score (nSPS) is 41.4. The molecule has 92 valence electrons. The Morgan fingerprint density at radius 3 is 2.19 bits per heavy atom. The van der Waals surface area contributed by atoms with Crippen molar-refractivity contribution >= 4 is 0 Å². The Hall–Kier alpha value is -0.0800. The molecule has 3 saturated carbocycles. The van der Waals surface area contributed by atoms with E-state index in [2.05, 4.69) is 5.32 Å². The number of nitrogens with one attached hydrogen (secondary N) is 1. The van der Waals surface area contributed by atoms with Gasteiger partial charge in [-0.15, -0.1) is 0 Å². The standard InChI is InChI=1S/C14H25NO/c16-10-11-2-4-12(5-3-11)15-13-6-9-14(13)7-1-8-14/h11-13,15-16H,1-10H2/t11?,12?,13-/m1/s1. The van der Waals surface area contributed by atoms with Gasteiger partial charge in [-0.1, -0.05) is 6.42 Å². The Balaban J connectivity index is 1.46. The fourth-order valence-corrected chi connectivity index (χ4v) is 3.98. The second-order valence-electron chi connectivity index (χ2n) is 6.37. The van der Waals surface area contributed by atoms with Gasteiger partial charge < -0.3 is 10.4 Å². The highest BCUT2D eigenvalue weighted by Crippen LogP contribution is 2.56. The van der Waals surface area contributed by atoms with Crippen molar-refractivity contribution in [1.82, 2.24) is 5.32 Å². The van der Waals surface area contributed by atoms with E-state index in [1.54, 1.807) is 0 Å². The molecule has 1 atom stereocenters. The van der Waals surface area contributed by atoms with E-state index >= 15 is 0 Å². The molecule has 2 heteroatoms. The van der Waals surface area contributed by atoms with Crippen LogP contribution in [0.3, 0.4) is 0 Å². The molecular formula is C14H25NO. The molecule has 3 aliphatic rings. The molecule has 0 aromatic carbocycles. The summed E-state index contributed by atoms with van der Waals surface area (Å²) < 4.78 is 0. The van der Waals surface area contributed by atoms with Crippen molar-refractivity contribution in [1.29, 1.82) is 0 Å². The third kappa shape index (κ3) is 1.80. The van der Waals surface area contributed by atoms with Crippen LogP contribution in [0.5, 0.6) is 0 Å². The van der Waals surface area contributed by atoms with Crippen LogP contribution in [0.1, 0.15) is 57.8 Å². The molecule has 1 spiro atoms. The molecule has 2 N–H and O–H groups in total. The lowest BCUT2D eigenvalue weighted by molar-refractivity contribution is -0.0260. The molecule has 0 amide bonds. The van der Waals surface area contributed by atoms with Gasteiger partial charge in [-0.05, 0) is 62.7 Å². The van der Waals surface area contributed by atoms with Gasteiger partial charge in [0.25, 0.3) is 0 Å². The van der Waals surface area contributed by atoms with Gasteiger partial charge in [0.15, 0.2) is 0 Å². The Morgan fingerprint density at radius 1 is 1.00 bits per heavy atom. The van der Waals surface area contributed by atoms with Crippen LogP contribution in [-0.2, 0) is 0 Å². The average molecular weight is 223 g/mol. The Morgan fingerprint density at radius 2 is 1.75 bits per heavy atom. The summed E-state index contributed by atoms with van der Waals surface area (Å²) in [5.41, 5.74) is 0.744. The minimum atomic E-state index is 0.403. The highest BCUT2D eigenvalue weighted by molar-refractivity contribution is 5.06. The fourth-order valence-electron chi connectivity index (χ4n) is 3.98. The quantitative estimate of drug-likeness (QED) is 0.770. The van der Waals surface area contributed by atoms with Crippen LogP contribution in [-0.4, -0.2) is 23.8 Å². The molecule has 3 aliphatic carbocycles. The predicted molar refractivity (Wildman–Crippen MR) is 65.3 cm³/mol. The van der Waals surface area contributed by atoms with Gasteiger partial charge in [-0.25, -0.2) is 0 Å². The lowest BCUT2D eigenvalue weighted by Gasteiger charge is -2.57. The molecule has 0 heterocycles. The lowest BCUT2D eigenvalue weighted by atomic mass is 9.53. The van der Waals surface area contributed by atoms with Gasteiger partial charge in [0.05, 0.1) is 0 Å². The highest BCUT2D eigenvalue weighted by atomic mass is 16.3. The first-order chi connectivity index (χ1) is 7.82. The maximum Gasteiger partial charge on any atom is 0.0459 e. The van der Waals surface area contributed by atoms with E-state index in [4.69, 9.17) is 5.11 Å². The summed E-state index contributed by atoms with van der Waals surface area (Å²) in [6, 6.07) is 1.60. The van der Waals surface area contributed by atoms with Crippen LogP contribution in [0.4, 0.5) is 0 Å². The van der Waals surface area contributed by atoms with Gasteiger partial charge in [-0.2, -0.15) is 0 Å². The molecule has 0 unspecified atom stereocenters. The molecule has 16 heavy (non-hydrogen) atoms. The summed E-state index contributed by atoms with van der Waals surface area (Å²) in [6.45, 7) is 0.403. The number of aliphatic hydroxyl groups is 1. The monoisotopic (exact) mass is 223 g/mol.